The van der Waals surface area contributed by atoms with Gasteiger partial charge in [0.05, 0.1) is 24.9 Å². The largest absolute Gasteiger partial charge is 0.457 e. The minimum atomic E-state index is -0.932. The van der Waals surface area contributed by atoms with Crippen molar-refractivity contribution < 1.29 is 29.0 Å². The maximum atomic E-state index is 12.5. The van der Waals surface area contributed by atoms with E-state index in [1.807, 2.05) is 24.4 Å². The summed E-state index contributed by atoms with van der Waals surface area (Å²) in [5, 5.41) is 16.7. The number of imide groups is 1. The molecule has 3 aromatic carbocycles. The van der Waals surface area contributed by atoms with Crippen molar-refractivity contribution in [3.63, 3.8) is 0 Å². The number of ketones is 1. The van der Waals surface area contributed by atoms with Crippen LogP contribution in [0.25, 0.3) is 22.2 Å². The number of ether oxygens (including phenoxy) is 2. The Morgan fingerprint density at radius 3 is 2.44 bits per heavy atom. The lowest BCUT2D eigenvalue weighted by Gasteiger charge is -2.34. The average Bonchev–Trinajstić information content (AvgIpc) is 3.63. The monoisotopic (exact) mass is 799 g/mol. The van der Waals surface area contributed by atoms with Crippen LogP contribution in [-0.4, -0.2) is 106 Å². The first kappa shape index (κ1) is 40.3. The van der Waals surface area contributed by atoms with Crippen molar-refractivity contribution in [2.45, 2.75) is 70.6 Å². The van der Waals surface area contributed by atoms with Gasteiger partial charge in [-0.05, 0) is 79.5 Å². The van der Waals surface area contributed by atoms with Gasteiger partial charge in [-0.1, -0.05) is 55.8 Å². The van der Waals surface area contributed by atoms with Gasteiger partial charge in [-0.3, -0.25) is 29.5 Å². The van der Waals surface area contributed by atoms with Crippen molar-refractivity contribution in [2.75, 3.05) is 57.8 Å². The molecule has 0 atom stereocenters. The van der Waals surface area contributed by atoms with Crippen molar-refractivity contribution in [1.82, 2.24) is 29.7 Å². The SMILES string of the molecule is CCCCNc1ncc2c(-c3ccc(CN4CCN(CCOCCc5cccc(Oc6cccc7c6C(=O)NC(=O)C7=O)c5)CC4)cc3)cn([C@H]3CC[C@H](O)CC3)c2n1. The number of nitrogens with one attached hydrogen (secondary N) is 2. The number of aliphatic hydroxyl groups is 1. The molecule has 5 aromatic rings. The molecular formula is C46H53N7O6. The molecule has 2 aromatic heterocycles. The fraction of sp³-hybridized carbons (Fsp3) is 0.413. The Morgan fingerprint density at radius 2 is 1.64 bits per heavy atom. The molecule has 2 fully saturated rings. The Labute approximate surface area is 344 Å². The van der Waals surface area contributed by atoms with Crippen LogP contribution in [0, 0.1) is 0 Å². The minimum Gasteiger partial charge on any atom is -0.457 e. The molecule has 13 nitrogen and oxygen atoms in total. The molecule has 2 aliphatic heterocycles. The van der Waals surface area contributed by atoms with Gasteiger partial charge < -0.3 is 24.5 Å². The highest BCUT2D eigenvalue weighted by molar-refractivity contribution is 6.49. The summed E-state index contributed by atoms with van der Waals surface area (Å²) in [6.07, 6.45) is 10.4. The number of carbonyl (C=O) groups excluding carboxylic acids is 3. The number of unbranched alkanes of at least 4 members (excludes halogenated alkanes) is 1. The van der Waals surface area contributed by atoms with E-state index in [0.29, 0.717) is 37.4 Å². The summed E-state index contributed by atoms with van der Waals surface area (Å²) in [6.45, 7) is 10.0. The zero-order chi connectivity index (χ0) is 40.7. The second-order valence-corrected chi connectivity index (χ2v) is 15.8. The Bertz CT molecular complexity index is 2280. The Kier molecular flexibility index (Phi) is 12.7. The summed E-state index contributed by atoms with van der Waals surface area (Å²) >= 11 is 0. The number of rotatable bonds is 16. The molecule has 2 amide bonds. The van der Waals surface area contributed by atoms with Gasteiger partial charge in [-0.2, -0.15) is 4.98 Å². The highest BCUT2D eigenvalue weighted by Crippen LogP contribution is 2.37. The third kappa shape index (κ3) is 9.55. The van der Waals surface area contributed by atoms with Crippen molar-refractivity contribution >= 4 is 34.6 Å². The Morgan fingerprint density at radius 1 is 0.864 bits per heavy atom. The number of aliphatic hydroxyl groups excluding tert-OH is 1. The Hall–Kier alpha value is -5.47. The topological polar surface area (TPSA) is 151 Å². The minimum absolute atomic E-state index is 0.0446. The van der Waals surface area contributed by atoms with Gasteiger partial charge in [0.2, 0.25) is 5.95 Å². The second-order valence-electron chi connectivity index (χ2n) is 15.8. The number of amides is 2. The van der Waals surface area contributed by atoms with E-state index < -0.39 is 17.6 Å². The number of Topliss-reactive ketones (excluding diaryl/α,β-unsaturated/α-hetero) is 1. The number of benzene rings is 3. The summed E-state index contributed by atoms with van der Waals surface area (Å²) in [7, 11) is 0. The molecular weight excluding hydrogens is 747 g/mol. The molecule has 3 aliphatic rings. The van der Waals surface area contributed by atoms with E-state index in [1.165, 1.54) is 11.6 Å². The third-order valence-corrected chi connectivity index (χ3v) is 11.7. The van der Waals surface area contributed by atoms with Crippen LogP contribution < -0.4 is 15.4 Å². The second kappa shape index (κ2) is 18.6. The molecule has 0 unspecified atom stereocenters. The molecule has 1 saturated heterocycles. The van der Waals surface area contributed by atoms with Gasteiger partial charge in [0.1, 0.15) is 17.1 Å². The molecule has 1 saturated carbocycles. The fourth-order valence-electron chi connectivity index (χ4n) is 8.32. The summed E-state index contributed by atoms with van der Waals surface area (Å²) in [4.78, 5) is 51.2. The quantitative estimate of drug-likeness (QED) is 0.0578. The normalized spacial score (nSPS) is 18.8. The van der Waals surface area contributed by atoms with Gasteiger partial charge in [-0.25, -0.2) is 4.98 Å². The molecule has 8 rings (SSSR count). The smallest absolute Gasteiger partial charge is 0.299 e. The fourth-order valence-corrected chi connectivity index (χ4v) is 8.32. The third-order valence-electron chi connectivity index (χ3n) is 11.7. The predicted octanol–water partition coefficient (Wildman–Crippen LogP) is 6.41. The van der Waals surface area contributed by atoms with E-state index in [2.05, 4.69) is 67.4 Å². The zero-order valence-electron chi connectivity index (χ0n) is 33.7. The van der Waals surface area contributed by atoms with Crippen molar-refractivity contribution in [1.29, 1.82) is 0 Å². The maximum Gasteiger partial charge on any atom is 0.299 e. The Balaban J connectivity index is 0.792. The first-order valence-electron chi connectivity index (χ1n) is 21.0. The summed E-state index contributed by atoms with van der Waals surface area (Å²) < 4.78 is 14.4. The van der Waals surface area contributed by atoms with Crippen LogP contribution in [-0.2, 0) is 22.5 Å². The van der Waals surface area contributed by atoms with Crippen LogP contribution in [0.4, 0.5) is 5.95 Å². The van der Waals surface area contributed by atoms with Crippen LogP contribution in [0.5, 0.6) is 11.5 Å². The molecule has 3 N–H and O–H groups in total. The summed E-state index contributed by atoms with van der Waals surface area (Å²) in [6, 6.07) is 21.5. The van der Waals surface area contributed by atoms with Crippen LogP contribution in [0.1, 0.15) is 83.3 Å². The number of anilines is 1. The van der Waals surface area contributed by atoms with E-state index in [1.54, 1.807) is 18.2 Å². The molecule has 4 heterocycles. The number of fused-ring (bicyclic) bond motifs is 2. The zero-order valence-corrected chi connectivity index (χ0v) is 33.7. The van der Waals surface area contributed by atoms with Crippen LogP contribution in [0.15, 0.2) is 79.1 Å². The van der Waals surface area contributed by atoms with Gasteiger partial charge >= 0.3 is 0 Å². The standard InChI is InChI=1S/C46H53N7O6/c1-2-3-19-47-46-48-28-38-39(30-53(43(38)49-46)34-14-16-35(54)17-15-34)33-12-10-32(11-13-33)29-52-22-20-51(21-23-52)24-26-58-25-18-31-6-4-7-36(27-31)59-40-9-5-8-37-41(40)44(56)50-45(57)42(37)55/h4-13,27-28,30,34-35,54H,2-3,14-26,29H2,1H3,(H,47,48,49)(H,50,56,57)/t34-,35-. The number of aromatic nitrogens is 3. The van der Waals surface area contributed by atoms with E-state index in [-0.39, 0.29) is 23.0 Å². The summed E-state index contributed by atoms with van der Waals surface area (Å²) in [5.41, 5.74) is 5.70. The van der Waals surface area contributed by atoms with E-state index in [9.17, 15) is 19.5 Å². The maximum absolute atomic E-state index is 12.5. The van der Waals surface area contributed by atoms with E-state index >= 15 is 0 Å². The number of hydrogen-bond donors (Lipinski definition) is 3. The van der Waals surface area contributed by atoms with E-state index in [4.69, 9.17) is 14.5 Å². The molecule has 0 spiro atoms. The highest BCUT2D eigenvalue weighted by atomic mass is 16.5. The average molecular weight is 800 g/mol. The number of piperazine rings is 1. The van der Waals surface area contributed by atoms with Crippen LogP contribution in [0.3, 0.4) is 0 Å². The number of hydrogen-bond acceptors (Lipinski definition) is 11. The molecule has 0 bridgehead atoms. The van der Waals surface area contributed by atoms with Gasteiger partial charge in [-0.15, -0.1) is 0 Å². The first-order valence-corrected chi connectivity index (χ1v) is 21.0. The molecule has 59 heavy (non-hydrogen) atoms. The molecule has 308 valence electrons. The molecule has 13 heteroatoms. The van der Waals surface area contributed by atoms with E-state index in [0.717, 1.165) is 112 Å². The van der Waals surface area contributed by atoms with Gasteiger partial charge in [0.25, 0.3) is 17.6 Å². The lowest BCUT2D eigenvalue weighted by atomic mass is 9.93. The molecule has 1 aliphatic carbocycles. The van der Waals surface area contributed by atoms with Crippen LogP contribution >= 0.6 is 0 Å². The van der Waals surface area contributed by atoms with Crippen LogP contribution in [0.2, 0.25) is 0 Å². The first-order chi connectivity index (χ1) is 28.8. The lowest BCUT2D eigenvalue weighted by Crippen LogP contribution is -2.46. The lowest BCUT2D eigenvalue weighted by molar-refractivity contribution is -0.116. The van der Waals surface area contributed by atoms with Crippen molar-refractivity contribution in [2.24, 2.45) is 0 Å². The molecule has 0 radical (unpaired) electrons. The predicted molar refractivity (Wildman–Crippen MR) is 226 cm³/mol. The summed E-state index contributed by atoms with van der Waals surface area (Å²) in [5.74, 6) is -0.907. The highest BCUT2D eigenvalue weighted by Gasteiger charge is 2.33. The number of carbonyl (C=O) groups is 3. The van der Waals surface area contributed by atoms with Gasteiger partial charge in [0.15, 0.2) is 0 Å². The van der Waals surface area contributed by atoms with Gasteiger partial charge in [0, 0.05) is 80.8 Å². The van der Waals surface area contributed by atoms with Crippen molar-refractivity contribution in [3.05, 3.63) is 101 Å². The number of nitrogens with zero attached hydrogens (tertiary/aromatic N) is 5. The van der Waals surface area contributed by atoms with Crippen molar-refractivity contribution in [3.8, 4) is 22.6 Å².